The number of rotatable bonds is 5. The van der Waals surface area contributed by atoms with Crippen molar-refractivity contribution in [2.24, 2.45) is 0 Å². The van der Waals surface area contributed by atoms with Gasteiger partial charge in [0.2, 0.25) is 0 Å². The maximum Gasteiger partial charge on any atom is 0.252 e. The van der Waals surface area contributed by atoms with E-state index in [9.17, 15) is 4.79 Å². The third-order valence-electron chi connectivity index (χ3n) is 4.38. The summed E-state index contributed by atoms with van der Waals surface area (Å²) < 4.78 is 5.43. The second-order valence-corrected chi connectivity index (χ2v) is 6.95. The quantitative estimate of drug-likeness (QED) is 0.837. The Bertz CT molecular complexity index is 719. The number of carbonyl (C=O) groups is 1. The highest BCUT2D eigenvalue weighted by molar-refractivity contribution is 6.42. The van der Waals surface area contributed by atoms with Gasteiger partial charge in [-0.25, -0.2) is 0 Å². The van der Waals surface area contributed by atoms with Gasteiger partial charge in [0.05, 0.1) is 23.3 Å². The lowest BCUT2D eigenvalue weighted by Gasteiger charge is -2.28. The lowest BCUT2D eigenvalue weighted by Crippen LogP contribution is -3.14. The van der Waals surface area contributed by atoms with Gasteiger partial charge in [-0.1, -0.05) is 53.5 Å². The van der Waals surface area contributed by atoms with Crippen molar-refractivity contribution in [1.29, 1.82) is 0 Å². The number of amides is 1. The average molecular weight is 380 g/mol. The number of benzene rings is 2. The fraction of sp³-hybridized carbons (Fsp3) is 0.316. The zero-order valence-electron chi connectivity index (χ0n) is 13.8. The molecule has 0 bridgehead atoms. The summed E-state index contributed by atoms with van der Waals surface area (Å²) in [7, 11) is 0. The van der Waals surface area contributed by atoms with E-state index in [2.05, 4.69) is 5.32 Å². The van der Waals surface area contributed by atoms with E-state index in [1.807, 2.05) is 30.3 Å². The van der Waals surface area contributed by atoms with E-state index in [0.29, 0.717) is 15.6 Å². The van der Waals surface area contributed by atoms with E-state index in [1.54, 1.807) is 18.2 Å². The highest BCUT2D eigenvalue weighted by Crippen LogP contribution is 2.23. The smallest absolute Gasteiger partial charge is 0.252 e. The number of quaternary nitrogens is 1. The molecule has 2 aromatic rings. The number of morpholine rings is 1. The fourth-order valence-electron chi connectivity index (χ4n) is 2.97. The van der Waals surface area contributed by atoms with Crippen molar-refractivity contribution in [1.82, 2.24) is 5.32 Å². The van der Waals surface area contributed by atoms with Crippen molar-refractivity contribution < 1.29 is 14.4 Å². The Morgan fingerprint density at radius 2 is 1.80 bits per heavy atom. The minimum atomic E-state index is -0.153. The van der Waals surface area contributed by atoms with Crippen LogP contribution in [0.5, 0.6) is 0 Å². The van der Waals surface area contributed by atoms with Gasteiger partial charge in [-0.2, -0.15) is 0 Å². The van der Waals surface area contributed by atoms with E-state index in [0.717, 1.165) is 38.4 Å². The van der Waals surface area contributed by atoms with E-state index in [4.69, 9.17) is 27.9 Å². The molecule has 2 N–H and O–H groups in total. The summed E-state index contributed by atoms with van der Waals surface area (Å²) in [5.74, 6) is -0.153. The Balaban J connectivity index is 1.76. The molecule has 25 heavy (non-hydrogen) atoms. The van der Waals surface area contributed by atoms with Crippen LogP contribution in [0.2, 0.25) is 10.0 Å². The number of ether oxygens (including phenoxy) is 1. The van der Waals surface area contributed by atoms with Gasteiger partial charge in [-0.15, -0.1) is 0 Å². The van der Waals surface area contributed by atoms with Crippen LogP contribution >= 0.6 is 23.2 Å². The molecule has 1 heterocycles. The highest BCUT2D eigenvalue weighted by atomic mass is 35.5. The van der Waals surface area contributed by atoms with Crippen molar-refractivity contribution in [2.75, 3.05) is 32.8 Å². The lowest BCUT2D eigenvalue weighted by molar-refractivity contribution is -0.909. The predicted octanol–water partition coefficient (Wildman–Crippen LogP) is 2.38. The molecule has 1 saturated heterocycles. The SMILES string of the molecule is O=C(N[C@H](C[NH+]1CCOCC1)c1ccccc1)c1ccc(Cl)c(Cl)c1. The summed E-state index contributed by atoms with van der Waals surface area (Å²) in [6, 6.07) is 14.9. The molecule has 0 radical (unpaired) electrons. The van der Waals surface area contributed by atoms with Crippen LogP contribution in [0.4, 0.5) is 0 Å². The Morgan fingerprint density at radius 3 is 2.48 bits per heavy atom. The minimum Gasteiger partial charge on any atom is -0.370 e. The van der Waals surface area contributed by atoms with Crippen LogP contribution < -0.4 is 10.2 Å². The molecule has 0 spiro atoms. The topological polar surface area (TPSA) is 42.8 Å². The number of nitrogens with one attached hydrogen (secondary N) is 2. The molecule has 1 aliphatic heterocycles. The van der Waals surface area contributed by atoms with Gasteiger partial charge in [-0.3, -0.25) is 4.79 Å². The van der Waals surface area contributed by atoms with E-state index < -0.39 is 0 Å². The van der Waals surface area contributed by atoms with Crippen LogP contribution in [0.3, 0.4) is 0 Å². The first-order valence-electron chi connectivity index (χ1n) is 8.35. The molecular weight excluding hydrogens is 359 g/mol. The molecule has 0 aliphatic carbocycles. The van der Waals surface area contributed by atoms with Crippen LogP contribution in [0, 0.1) is 0 Å². The number of hydrogen-bond donors (Lipinski definition) is 2. The Kier molecular flexibility index (Phi) is 6.32. The number of hydrogen-bond acceptors (Lipinski definition) is 2. The first kappa shape index (κ1) is 18.2. The van der Waals surface area contributed by atoms with Crippen molar-refractivity contribution in [3.63, 3.8) is 0 Å². The van der Waals surface area contributed by atoms with Crippen LogP contribution in [0.1, 0.15) is 22.0 Å². The molecule has 6 heteroatoms. The molecule has 1 atom stereocenters. The molecule has 1 amide bonds. The summed E-state index contributed by atoms with van der Waals surface area (Å²) in [4.78, 5) is 14.1. The molecule has 4 nitrogen and oxygen atoms in total. The number of carbonyl (C=O) groups excluding carboxylic acids is 1. The molecule has 0 saturated carbocycles. The van der Waals surface area contributed by atoms with Crippen molar-refractivity contribution >= 4 is 29.1 Å². The van der Waals surface area contributed by atoms with Crippen LogP contribution in [-0.4, -0.2) is 38.8 Å². The van der Waals surface area contributed by atoms with Gasteiger partial charge in [0.25, 0.3) is 5.91 Å². The first-order chi connectivity index (χ1) is 12.1. The van der Waals surface area contributed by atoms with E-state index in [1.165, 1.54) is 4.90 Å². The summed E-state index contributed by atoms with van der Waals surface area (Å²) in [5, 5.41) is 3.96. The average Bonchev–Trinajstić information content (AvgIpc) is 2.65. The van der Waals surface area contributed by atoms with Gasteiger partial charge in [0.1, 0.15) is 25.7 Å². The standard InChI is InChI=1S/C19H20Cl2N2O2/c20-16-7-6-15(12-17(16)21)19(24)22-18(14-4-2-1-3-5-14)13-23-8-10-25-11-9-23/h1-7,12,18H,8-11,13H2,(H,22,24)/p+1/t18-/m1/s1. The third-order valence-corrected chi connectivity index (χ3v) is 5.12. The zero-order valence-corrected chi connectivity index (χ0v) is 15.3. The van der Waals surface area contributed by atoms with Crippen molar-refractivity contribution in [3.05, 3.63) is 69.7 Å². The fourth-order valence-corrected chi connectivity index (χ4v) is 3.27. The second-order valence-electron chi connectivity index (χ2n) is 6.13. The van der Waals surface area contributed by atoms with Crippen LogP contribution in [-0.2, 0) is 4.74 Å². The largest absolute Gasteiger partial charge is 0.370 e. The maximum atomic E-state index is 12.7. The maximum absolute atomic E-state index is 12.7. The lowest BCUT2D eigenvalue weighted by atomic mass is 10.1. The summed E-state index contributed by atoms with van der Waals surface area (Å²) in [6.07, 6.45) is 0. The van der Waals surface area contributed by atoms with Gasteiger partial charge in [0.15, 0.2) is 0 Å². The molecule has 0 aromatic heterocycles. The highest BCUT2D eigenvalue weighted by Gasteiger charge is 2.23. The molecule has 0 unspecified atom stereocenters. The normalized spacial score (nSPS) is 16.4. The van der Waals surface area contributed by atoms with Crippen molar-refractivity contribution in [2.45, 2.75) is 6.04 Å². The number of halogens is 2. The van der Waals surface area contributed by atoms with E-state index >= 15 is 0 Å². The van der Waals surface area contributed by atoms with Crippen LogP contribution in [0.15, 0.2) is 48.5 Å². The molecular formula is C19H21Cl2N2O2+. The summed E-state index contributed by atoms with van der Waals surface area (Å²) in [6.45, 7) is 4.24. The predicted molar refractivity (Wildman–Crippen MR) is 99.5 cm³/mol. The summed E-state index contributed by atoms with van der Waals surface area (Å²) in [5.41, 5.74) is 1.60. The van der Waals surface area contributed by atoms with E-state index in [-0.39, 0.29) is 11.9 Å². The van der Waals surface area contributed by atoms with Gasteiger partial charge in [-0.05, 0) is 23.8 Å². The van der Waals surface area contributed by atoms with Gasteiger partial charge in [0, 0.05) is 5.56 Å². The molecule has 3 rings (SSSR count). The minimum absolute atomic E-state index is 0.0729. The third kappa shape index (κ3) is 4.95. The molecule has 1 fully saturated rings. The Labute approximate surface area is 157 Å². The van der Waals surface area contributed by atoms with Gasteiger partial charge < -0.3 is 15.0 Å². The van der Waals surface area contributed by atoms with Gasteiger partial charge >= 0.3 is 0 Å². The molecule has 2 aromatic carbocycles. The molecule has 1 aliphatic rings. The first-order valence-corrected chi connectivity index (χ1v) is 9.11. The van der Waals surface area contributed by atoms with Crippen molar-refractivity contribution in [3.8, 4) is 0 Å². The van der Waals surface area contributed by atoms with Crippen LogP contribution in [0.25, 0.3) is 0 Å². The zero-order chi connectivity index (χ0) is 17.6. The Morgan fingerprint density at radius 1 is 1.08 bits per heavy atom. The summed E-state index contributed by atoms with van der Waals surface area (Å²) >= 11 is 12.0. The molecule has 132 valence electrons. The monoisotopic (exact) mass is 379 g/mol. The second kappa shape index (κ2) is 8.68. The Hall–Kier alpha value is -1.59.